The van der Waals surface area contributed by atoms with Crippen LogP contribution in [0.2, 0.25) is 0 Å². The first-order chi connectivity index (χ1) is 13.3. The number of para-hydroxylation sites is 1. The minimum Gasteiger partial charge on any atom is -0.507 e. The van der Waals surface area contributed by atoms with Crippen LogP contribution in [0.25, 0.3) is 22.3 Å². The lowest BCUT2D eigenvalue weighted by Gasteiger charge is -2.17. The van der Waals surface area contributed by atoms with E-state index < -0.39 is 0 Å². The highest BCUT2D eigenvalue weighted by Gasteiger charge is 2.31. The fourth-order valence-corrected chi connectivity index (χ4v) is 3.94. The summed E-state index contributed by atoms with van der Waals surface area (Å²) in [5.41, 5.74) is 4.57. The van der Waals surface area contributed by atoms with E-state index >= 15 is 0 Å². The van der Waals surface area contributed by atoms with E-state index in [4.69, 9.17) is 0 Å². The SMILES string of the molecule is Oc1ccccc1-c1cc2cc([C@H]3CNC[C@@H]3c3ccncc3)[nH]c2nn1. The Morgan fingerprint density at radius 1 is 0.926 bits per heavy atom. The van der Waals surface area contributed by atoms with E-state index in [1.165, 1.54) is 5.56 Å². The number of phenols is 1. The molecule has 6 nitrogen and oxygen atoms in total. The standard InChI is InChI=1S/C21H19N5O/c27-20-4-2-1-3-15(20)19-10-14-9-18(24-21(14)26-25-19)17-12-23-11-16(17)13-5-7-22-8-6-13/h1-10,16-17,23,27H,11-12H2,(H,24,26)/t16-,17+/m1/s1. The fraction of sp³-hybridized carbons (Fsp3) is 0.190. The van der Waals surface area contributed by atoms with Gasteiger partial charge in [-0.2, -0.15) is 0 Å². The molecule has 0 bridgehead atoms. The van der Waals surface area contributed by atoms with Gasteiger partial charge in [-0.25, -0.2) is 0 Å². The summed E-state index contributed by atoms with van der Waals surface area (Å²) in [6.45, 7) is 1.86. The maximum Gasteiger partial charge on any atom is 0.160 e. The zero-order chi connectivity index (χ0) is 18.2. The van der Waals surface area contributed by atoms with Crippen LogP contribution >= 0.6 is 0 Å². The maximum atomic E-state index is 10.1. The average molecular weight is 357 g/mol. The lowest BCUT2D eigenvalue weighted by atomic mass is 9.87. The van der Waals surface area contributed by atoms with Crippen molar-refractivity contribution in [2.24, 2.45) is 0 Å². The summed E-state index contributed by atoms with van der Waals surface area (Å²) in [7, 11) is 0. The molecular formula is C21H19N5O. The van der Waals surface area contributed by atoms with Crippen molar-refractivity contribution in [3.8, 4) is 17.0 Å². The molecule has 0 spiro atoms. The molecule has 1 aliphatic rings. The van der Waals surface area contributed by atoms with Crippen molar-refractivity contribution in [1.29, 1.82) is 0 Å². The van der Waals surface area contributed by atoms with Gasteiger partial charge in [-0.15, -0.1) is 10.2 Å². The molecular weight excluding hydrogens is 338 g/mol. The summed E-state index contributed by atoms with van der Waals surface area (Å²) in [6, 6.07) is 15.5. The van der Waals surface area contributed by atoms with E-state index in [-0.39, 0.29) is 5.75 Å². The molecule has 6 heteroatoms. The average Bonchev–Trinajstić information content (AvgIpc) is 3.35. The summed E-state index contributed by atoms with van der Waals surface area (Å²) in [4.78, 5) is 7.57. The third-order valence-corrected chi connectivity index (χ3v) is 5.33. The Morgan fingerprint density at radius 3 is 2.59 bits per heavy atom. The molecule has 0 saturated carbocycles. The Balaban J connectivity index is 1.52. The largest absolute Gasteiger partial charge is 0.507 e. The molecule has 1 aromatic carbocycles. The van der Waals surface area contributed by atoms with Gasteiger partial charge < -0.3 is 15.4 Å². The molecule has 0 aliphatic carbocycles. The van der Waals surface area contributed by atoms with Crippen LogP contribution in [0.1, 0.15) is 23.1 Å². The summed E-state index contributed by atoms with van der Waals surface area (Å²) >= 11 is 0. The second kappa shape index (κ2) is 6.48. The third-order valence-electron chi connectivity index (χ3n) is 5.33. The van der Waals surface area contributed by atoms with Crippen LogP contribution in [0.3, 0.4) is 0 Å². The van der Waals surface area contributed by atoms with Crippen molar-refractivity contribution >= 4 is 11.0 Å². The first-order valence-corrected chi connectivity index (χ1v) is 9.05. The fourth-order valence-electron chi connectivity index (χ4n) is 3.94. The molecule has 4 aromatic rings. The van der Waals surface area contributed by atoms with Gasteiger partial charge in [-0.05, 0) is 42.0 Å². The van der Waals surface area contributed by atoms with E-state index in [0.29, 0.717) is 23.1 Å². The molecule has 1 saturated heterocycles. The van der Waals surface area contributed by atoms with Gasteiger partial charge in [-0.1, -0.05) is 12.1 Å². The van der Waals surface area contributed by atoms with Gasteiger partial charge >= 0.3 is 0 Å². The van der Waals surface area contributed by atoms with Crippen LogP contribution in [-0.4, -0.2) is 38.4 Å². The van der Waals surface area contributed by atoms with Gasteiger partial charge in [-0.3, -0.25) is 4.98 Å². The Bertz CT molecular complexity index is 1090. The number of H-pyrrole nitrogens is 1. The molecule has 134 valence electrons. The van der Waals surface area contributed by atoms with Crippen LogP contribution in [-0.2, 0) is 0 Å². The molecule has 4 heterocycles. The zero-order valence-electron chi connectivity index (χ0n) is 14.6. The zero-order valence-corrected chi connectivity index (χ0v) is 14.6. The van der Waals surface area contributed by atoms with E-state index in [0.717, 1.165) is 29.8 Å². The van der Waals surface area contributed by atoms with Crippen LogP contribution in [0.4, 0.5) is 0 Å². The third kappa shape index (κ3) is 2.84. The van der Waals surface area contributed by atoms with Crippen molar-refractivity contribution in [2.45, 2.75) is 11.8 Å². The first kappa shape index (κ1) is 16.0. The molecule has 5 rings (SSSR count). The van der Waals surface area contributed by atoms with Crippen molar-refractivity contribution in [2.75, 3.05) is 13.1 Å². The number of aromatic nitrogens is 4. The number of nitrogens with one attached hydrogen (secondary N) is 2. The topological polar surface area (TPSA) is 86.7 Å². The Morgan fingerprint density at radius 2 is 1.74 bits per heavy atom. The number of pyridine rings is 1. The van der Waals surface area contributed by atoms with Crippen molar-refractivity contribution in [3.63, 3.8) is 0 Å². The molecule has 0 radical (unpaired) electrons. The second-order valence-electron chi connectivity index (χ2n) is 6.93. The number of aromatic amines is 1. The van der Waals surface area contributed by atoms with Gasteiger partial charge in [0.1, 0.15) is 5.75 Å². The van der Waals surface area contributed by atoms with Crippen LogP contribution < -0.4 is 5.32 Å². The van der Waals surface area contributed by atoms with Crippen molar-refractivity contribution in [1.82, 2.24) is 25.5 Å². The molecule has 2 atom stereocenters. The van der Waals surface area contributed by atoms with Gasteiger partial charge in [0.05, 0.1) is 5.69 Å². The van der Waals surface area contributed by atoms with E-state index in [1.54, 1.807) is 12.1 Å². The van der Waals surface area contributed by atoms with Gasteiger partial charge in [0.25, 0.3) is 0 Å². The first-order valence-electron chi connectivity index (χ1n) is 9.05. The van der Waals surface area contributed by atoms with Crippen molar-refractivity contribution < 1.29 is 5.11 Å². The number of hydrogen-bond donors (Lipinski definition) is 3. The Labute approximate surface area is 156 Å². The molecule has 27 heavy (non-hydrogen) atoms. The van der Waals surface area contributed by atoms with Gasteiger partial charge in [0, 0.05) is 54.0 Å². The lowest BCUT2D eigenvalue weighted by molar-refractivity contribution is 0.477. The molecule has 3 N–H and O–H groups in total. The van der Waals surface area contributed by atoms with Crippen LogP contribution in [0.5, 0.6) is 5.75 Å². The lowest BCUT2D eigenvalue weighted by Crippen LogP contribution is -2.09. The van der Waals surface area contributed by atoms with Gasteiger partial charge in [0.15, 0.2) is 5.65 Å². The number of benzene rings is 1. The second-order valence-corrected chi connectivity index (χ2v) is 6.93. The molecule has 3 aromatic heterocycles. The minimum atomic E-state index is 0.208. The molecule has 1 fully saturated rings. The predicted octanol–water partition coefficient (Wildman–Crippen LogP) is 3.20. The summed E-state index contributed by atoms with van der Waals surface area (Å²) in [6.07, 6.45) is 3.69. The maximum absolute atomic E-state index is 10.1. The number of hydrogen-bond acceptors (Lipinski definition) is 5. The Kier molecular flexibility index (Phi) is 3.83. The van der Waals surface area contributed by atoms with E-state index in [9.17, 15) is 5.11 Å². The summed E-state index contributed by atoms with van der Waals surface area (Å²) < 4.78 is 0. The number of nitrogens with zero attached hydrogens (tertiary/aromatic N) is 3. The summed E-state index contributed by atoms with van der Waals surface area (Å²) in [5.74, 6) is 0.946. The minimum absolute atomic E-state index is 0.208. The summed E-state index contributed by atoms with van der Waals surface area (Å²) in [5, 5.41) is 23.2. The van der Waals surface area contributed by atoms with E-state index in [2.05, 4.69) is 43.7 Å². The molecule has 0 unspecified atom stereocenters. The smallest absolute Gasteiger partial charge is 0.160 e. The number of rotatable bonds is 3. The molecule has 0 amide bonds. The highest BCUT2D eigenvalue weighted by molar-refractivity contribution is 5.81. The number of aromatic hydroxyl groups is 1. The highest BCUT2D eigenvalue weighted by Crippen LogP contribution is 2.37. The quantitative estimate of drug-likeness (QED) is 0.524. The van der Waals surface area contributed by atoms with Crippen LogP contribution in [0.15, 0.2) is 60.9 Å². The predicted molar refractivity (Wildman–Crippen MR) is 104 cm³/mol. The molecule has 1 aliphatic heterocycles. The Hall–Kier alpha value is -3.25. The van der Waals surface area contributed by atoms with Crippen LogP contribution in [0, 0.1) is 0 Å². The van der Waals surface area contributed by atoms with E-state index in [1.807, 2.05) is 30.6 Å². The normalized spacial score (nSPS) is 19.6. The van der Waals surface area contributed by atoms with Crippen molar-refractivity contribution in [3.05, 3.63) is 72.2 Å². The highest BCUT2D eigenvalue weighted by atomic mass is 16.3. The monoisotopic (exact) mass is 357 g/mol. The number of phenolic OH excluding ortho intramolecular Hbond substituents is 1. The van der Waals surface area contributed by atoms with Gasteiger partial charge in [0.2, 0.25) is 0 Å². The number of fused-ring (bicyclic) bond motifs is 1.